The van der Waals surface area contributed by atoms with E-state index >= 15 is 0 Å². The Morgan fingerprint density at radius 3 is 2.44 bits per heavy atom. The maximum absolute atomic E-state index is 12.7. The van der Waals surface area contributed by atoms with Crippen LogP contribution in [0.2, 0.25) is 0 Å². The summed E-state index contributed by atoms with van der Waals surface area (Å²) < 4.78 is 0. The number of carbonyl (C=O) groups excluding carboxylic acids is 3. The molecule has 0 aromatic heterocycles. The van der Waals surface area contributed by atoms with Gasteiger partial charge in [0, 0.05) is 11.7 Å². The molecule has 0 saturated heterocycles. The third-order valence-corrected chi connectivity index (χ3v) is 4.52. The minimum absolute atomic E-state index is 0.0589. The Kier molecular flexibility index (Phi) is 4.69. The fraction of sp³-hybridized carbons (Fsp3) is 0.412. The van der Waals surface area contributed by atoms with Crippen LogP contribution in [-0.4, -0.2) is 46.4 Å². The molecule has 3 N–H and O–H groups in total. The van der Waals surface area contributed by atoms with E-state index in [1.54, 1.807) is 0 Å². The summed E-state index contributed by atoms with van der Waals surface area (Å²) in [5.74, 6) is -1.77. The van der Waals surface area contributed by atoms with E-state index in [1.807, 2.05) is 0 Å². The van der Waals surface area contributed by atoms with E-state index in [0.717, 1.165) is 32.1 Å². The number of benzene rings is 1. The van der Waals surface area contributed by atoms with Crippen molar-refractivity contribution >= 4 is 29.5 Å². The molecule has 1 aliphatic heterocycles. The number of carbonyl (C=O) groups is 4. The number of fused-ring (bicyclic) bond motifs is 1. The molecule has 4 amide bonds. The van der Waals surface area contributed by atoms with Gasteiger partial charge < -0.3 is 15.7 Å². The number of rotatable bonds is 4. The summed E-state index contributed by atoms with van der Waals surface area (Å²) in [5, 5.41) is 13.2. The molecular formula is C17H19N3O5. The van der Waals surface area contributed by atoms with E-state index in [-0.39, 0.29) is 23.4 Å². The Bertz CT molecular complexity index is 740. The van der Waals surface area contributed by atoms with E-state index in [2.05, 4.69) is 10.6 Å². The van der Waals surface area contributed by atoms with Crippen LogP contribution in [0, 0.1) is 0 Å². The summed E-state index contributed by atoms with van der Waals surface area (Å²) in [6, 6.07) is 3.75. The number of imide groups is 1. The van der Waals surface area contributed by atoms with Gasteiger partial charge in [-0.15, -0.1) is 0 Å². The number of nitrogens with one attached hydrogen (secondary N) is 2. The van der Waals surface area contributed by atoms with Crippen LogP contribution in [0.25, 0.3) is 0 Å². The zero-order valence-corrected chi connectivity index (χ0v) is 13.6. The van der Waals surface area contributed by atoms with Crippen LogP contribution in [0.1, 0.15) is 52.8 Å². The highest BCUT2D eigenvalue weighted by atomic mass is 16.4. The molecule has 1 heterocycles. The molecule has 25 heavy (non-hydrogen) atoms. The van der Waals surface area contributed by atoms with Gasteiger partial charge in [-0.25, -0.2) is 4.79 Å². The highest BCUT2D eigenvalue weighted by molar-refractivity contribution is 6.22. The van der Waals surface area contributed by atoms with Crippen molar-refractivity contribution in [2.24, 2.45) is 0 Å². The Labute approximate surface area is 144 Å². The molecule has 8 nitrogen and oxygen atoms in total. The zero-order valence-electron chi connectivity index (χ0n) is 13.6. The molecule has 1 aliphatic carbocycles. The Morgan fingerprint density at radius 2 is 1.76 bits per heavy atom. The topological polar surface area (TPSA) is 116 Å². The summed E-state index contributed by atoms with van der Waals surface area (Å²) in [5.41, 5.74) is 0.937. The molecule has 0 spiro atoms. The number of nitrogens with zero attached hydrogens (tertiary/aromatic N) is 1. The van der Waals surface area contributed by atoms with Crippen LogP contribution in [0.5, 0.6) is 0 Å². The number of aliphatic carboxylic acids is 1. The number of hydrogen-bond acceptors (Lipinski definition) is 4. The van der Waals surface area contributed by atoms with Gasteiger partial charge in [0.25, 0.3) is 11.8 Å². The fourth-order valence-electron chi connectivity index (χ4n) is 3.34. The second-order valence-electron chi connectivity index (χ2n) is 6.23. The molecule has 1 aromatic rings. The number of carboxylic acid groups (broad SMARTS) is 1. The molecule has 0 unspecified atom stereocenters. The minimum Gasteiger partial charge on any atom is -0.480 e. The van der Waals surface area contributed by atoms with Crippen molar-refractivity contribution in [2.75, 3.05) is 11.9 Å². The van der Waals surface area contributed by atoms with Gasteiger partial charge in [0.05, 0.1) is 11.1 Å². The van der Waals surface area contributed by atoms with Gasteiger partial charge in [-0.3, -0.25) is 19.3 Å². The van der Waals surface area contributed by atoms with Crippen molar-refractivity contribution in [1.29, 1.82) is 0 Å². The second-order valence-corrected chi connectivity index (χ2v) is 6.23. The van der Waals surface area contributed by atoms with E-state index < -0.39 is 18.5 Å². The normalized spacial score (nSPS) is 17.4. The van der Waals surface area contributed by atoms with Crippen LogP contribution < -0.4 is 10.6 Å². The maximum atomic E-state index is 12.7. The van der Waals surface area contributed by atoms with Crippen molar-refractivity contribution in [2.45, 2.75) is 38.1 Å². The van der Waals surface area contributed by atoms with Crippen LogP contribution >= 0.6 is 0 Å². The second kappa shape index (κ2) is 6.92. The van der Waals surface area contributed by atoms with Crippen molar-refractivity contribution in [3.63, 3.8) is 0 Å². The SMILES string of the molecule is O=C(O)CNC(=O)Nc1ccc2c(c1)C(=O)N(C1CCCCC1)C2=O. The van der Waals surface area contributed by atoms with E-state index in [4.69, 9.17) is 5.11 Å². The highest BCUT2D eigenvalue weighted by Gasteiger charge is 2.40. The lowest BCUT2D eigenvalue weighted by Gasteiger charge is -2.29. The first-order chi connectivity index (χ1) is 12.0. The van der Waals surface area contributed by atoms with Crippen molar-refractivity contribution in [3.8, 4) is 0 Å². The smallest absolute Gasteiger partial charge is 0.323 e. The average Bonchev–Trinajstić information content (AvgIpc) is 2.84. The molecule has 0 radical (unpaired) electrons. The van der Waals surface area contributed by atoms with Gasteiger partial charge in [-0.2, -0.15) is 0 Å². The first-order valence-electron chi connectivity index (χ1n) is 8.26. The lowest BCUT2D eigenvalue weighted by molar-refractivity contribution is -0.135. The minimum atomic E-state index is -1.16. The fourth-order valence-corrected chi connectivity index (χ4v) is 3.34. The van der Waals surface area contributed by atoms with Gasteiger partial charge in [0.2, 0.25) is 0 Å². The lowest BCUT2D eigenvalue weighted by Crippen LogP contribution is -2.40. The maximum Gasteiger partial charge on any atom is 0.323 e. The van der Waals surface area contributed by atoms with Gasteiger partial charge in [-0.1, -0.05) is 19.3 Å². The Hall–Kier alpha value is -2.90. The largest absolute Gasteiger partial charge is 0.480 e. The Balaban J connectivity index is 1.74. The summed E-state index contributed by atoms with van der Waals surface area (Å²) in [6.45, 7) is -0.510. The predicted octanol–water partition coefficient (Wildman–Crippen LogP) is 1.82. The number of carboxylic acids is 1. The molecule has 8 heteroatoms. The summed E-state index contributed by atoms with van der Waals surface area (Å²) in [6.07, 6.45) is 4.80. The summed E-state index contributed by atoms with van der Waals surface area (Å²) in [4.78, 5) is 48.6. The number of amides is 4. The van der Waals surface area contributed by atoms with Crippen molar-refractivity contribution < 1.29 is 24.3 Å². The first kappa shape index (κ1) is 16.9. The van der Waals surface area contributed by atoms with Crippen LogP contribution in [0.3, 0.4) is 0 Å². The van der Waals surface area contributed by atoms with E-state index in [9.17, 15) is 19.2 Å². The van der Waals surface area contributed by atoms with Gasteiger partial charge >= 0.3 is 12.0 Å². The number of anilines is 1. The summed E-state index contributed by atoms with van der Waals surface area (Å²) >= 11 is 0. The lowest BCUT2D eigenvalue weighted by atomic mass is 9.94. The standard InChI is InChI=1S/C17H19N3O5/c21-14(22)9-18-17(25)19-10-6-7-12-13(8-10)16(24)20(15(12)23)11-4-2-1-3-5-11/h6-8,11H,1-5,9H2,(H,21,22)(H2,18,19,25). The quantitative estimate of drug-likeness (QED) is 0.720. The third-order valence-electron chi connectivity index (χ3n) is 4.52. The Morgan fingerprint density at radius 1 is 1.08 bits per heavy atom. The van der Waals surface area contributed by atoms with E-state index in [1.165, 1.54) is 23.1 Å². The van der Waals surface area contributed by atoms with E-state index in [0.29, 0.717) is 11.3 Å². The molecule has 1 fully saturated rings. The van der Waals surface area contributed by atoms with Crippen molar-refractivity contribution in [1.82, 2.24) is 10.2 Å². The molecule has 0 atom stereocenters. The average molecular weight is 345 g/mol. The van der Waals surface area contributed by atoms with Crippen LogP contribution in [0.15, 0.2) is 18.2 Å². The van der Waals surface area contributed by atoms with Gasteiger partial charge in [-0.05, 0) is 31.0 Å². The van der Waals surface area contributed by atoms with Crippen molar-refractivity contribution in [3.05, 3.63) is 29.3 Å². The monoisotopic (exact) mass is 345 g/mol. The summed E-state index contributed by atoms with van der Waals surface area (Å²) in [7, 11) is 0. The molecule has 3 rings (SSSR count). The van der Waals surface area contributed by atoms with Crippen LogP contribution in [0.4, 0.5) is 10.5 Å². The number of urea groups is 1. The highest BCUT2D eigenvalue weighted by Crippen LogP contribution is 2.32. The molecular weight excluding hydrogens is 326 g/mol. The molecule has 1 saturated carbocycles. The molecule has 132 valence electrons. The molecule has 2 aliphatic rings. The first-order valence-corrected chi connectivity index (χ1v) is 8.26. The predicted molar refractivity (Wildman–Crippen MR) is 88.5 cm³/mol. The third kappa shape index (κ3) is 3.47. The van der Waals surface area contributed by atoms with Gasteiger partial charge in [0.1, 0.15) is 6.54 Å². The molecule has 1 aromatic carbocycles. The number of hydrogen-bond donors (Lipinski definition) is 3. The molecule has 0 bridgehead atoms. The zero-order chi connectivity index (χ0) is 18.0. The van der Waals surface area contributed by atoms with Gasteiger partial charge in [0.15, 0.2) is 0 Å². The van der Waals surface area contributed by atoms with Crippen LogP contribution in [-0.2, 0) is 4.79 Å².